The molecule has 1 aliphatic rings. The molecule has 2 heterocycles. The van der Waals surface area contributed by atoms with Crippen molar-refractivity contribution in [1.29, 1.82) is 0 Å². The summed E-state index contributed by atoms with van der Waals surface area (Å²) in [5, 5.41) is 8.21. The third-order valence-corrected chi connectivity index (χ3v) is 5.38. The minimum Gasteiger partial charge on any atom is -0.333 e. The molecule has 0 unspecified atom stereocenters. The number of rotatable bonds is 3. The molecule has 1 aliphatic heterocycles. The second-order valence-electron chi connectivity index (χ2n) is 6.25. The van der Waals surface area contributed by atoms with Crippen molar-refractivity contribution < 1.29 is 13.2 Å². The van der Waals surface area contributed by atoms with Crippen molar-refractivity contribution in [1.82, 2.24) is 19.7 Å². The van der Waals surface area contributed by atoms with E-state index in [1.165, 1.54) is 18.4 Å². The molecule has 3 rings (SSSR count). The molecule has 1 aromatic carbocycles. The van der Waals surface area contributed by atoms with Gasteiger partial charge in [0.2, 0.25) is 5.91 Å². The van der Waals surface area contributed by atoms with Crippen LogP contribution in [-0.4, -0.2) is 46.8 Å². The number of hydrogen-bond donors (Lipinski definition) is 0. The highest BCUT2D eigenvalue weighted by atomic mass is 32.2. The van der Waals surface area contributed by atoms with E-state index in [4.69, 9.17) is 0 Å². The molecular formula is C16H20N4O3S. The zero-order valence-corrected chi connectivity index (χ0v) is 14.7. The molecule has 0 fully saturated rings. The molecule has 7 nitrogen and oxygen atoms in total. The predicted molar refractivity (Wildman–Crippen MR) is 88.1 cm³/mol. The second kappa shape index (κ2) is 6.01. The van der Waals surface area contributed by atoms with Crippen LogP contribution < -0.4 is 0 Å². The Hall–Kier alpha value is -2.22. The fourth-order valence-corrected chi connectivity index (χ4v) is 3.69. The molecule has 2 aromatic rings. The Morgan fingerprint density at radius 3 is 2.54 bits per heavy atom. The first kappa shape index (κ1) is 16.6. The van der Waals surface area contributed by atoms with E-state index in [1.807, 2.05) is 13.8 Å². The molecule has 24 heavy (non-hydrogen) atoms. The van der Waals surface area contributed by atoms with Crippen molar-refractivity contribution in [3.05, 3.63) is 41.5 Å². The van der Waals surface area contributed by atoms with Gasteiger partial charge in [-0.25, -0.2) is 8.42 Å². The van der Waals surface area contributed by atoms with Gasteiger partial charge in [-0.15, -0.1) is 10.2 Å². The molecule has 0 N–H and O–H groups in total. The molecule has 128 valence electrons. The van der Waals surface area contributed by atoms with Crippen LogP contribution in [0.3, 0.4) is 0 Å². The fourth-order valence-electron chi connectivity index (χ4n) is 3.06. The molecule has 0 spiro atoms. The average Bonchev–Trinajstić information content (AvgIpc) is 2.88. The van der Waals surface area contributed by atoms with Crippen LogP contribution in [0.15, 0.2) is 29.2 Å². The lowest BCUT2D eigenvalue weighted by Crippen LogP contribution is -2.41. The van der Waals surface area contributed by atoms with Crippen LogP contribution in [0.4, 0.5) is 0 Å². The van der Waals surface area contributed by atoms with Crippen LogP contribution in [0, 0.1) is 6.92 Å². The highest BCUT2D eigenvalue weighted by molar-refractivity contribution is 7.90. The van der Waals surface area contributed by atoms with Crippen LogP contribution >= 0.6 is 0 Å². The fraction of sp³-hybridized carbons (Fsp3) is 0.438. The summed E-state index contributed by atoms with van der Waals surface area (Å²) in [6, 6.07) is 6.59. The third kappa shape index (κ3) is 3.19. The topological polar surface area (TPSA) is 85.2 Å². The minimum absolute atomic E-state index is 0.000795. The highest BCUT2D eigenvalue weighted by Crippen LogP contribution is 2.22. The summed E-state index contributed by atoms with van der Waals surface area (Å²) in [4.78, 5) is 14.6. The lowest BCUT2D eigenvalue weighted by molar-refractivity contribution is -0.132. The molecule has 1 aromatic heterocycles. The summed E-state index contributed by atoms with van der Waals surface area (Å²) in [5.41, 5.74) is 0.795. The zero-order valence-electron chi connectivity index (χ0n) is 13.9. The number of nitrogens with zero attached hydrogens (tertiary/aromatic N) is 4. The van der Waals surface area contributed by atoms with Crippen LogP contribution in [0.25, 0.3) is 0 Å². The lowest BCUT2D eigenvalue weighted by Gasteiger charge is -2.32. The molecule has 0 saturated heterocycles. The van der Waals surface area contributed by atoms with Crippen molar-refractivity contribution in [2.75, 3.05) is 12.8 Å². The summed E-state index contributed by atoms with van der Waals surface area (Å²) in [6.45, 7) is 5.02. The van der Waals surface area contributed by atoms with Gasteiger partial charge in [0.1, 0.15) is 5.82 Å². The van der Waals surface area contributed by atoms with Gasteiger partial charge in [0.15, 0.2) is 15.7 Å². The first-order valence-corrected chi connectivity index (χ1v) is 9.62. The number of aryl methyl sites for hydroxylation is 1. The third-order valence-electron chi connectivity index (χ3n) is 4.25. The van der Waals surface area contributed by atoms with E-state index >= 15 is 0 Å². The standard InChI is InChI=1S/C16H20N4O3S/c1-11-9-19(10-15-18-17-12(2)20(11)15)16(21)8-13-4-6-14(7-5-13)24(3,22)23/h4-7,11H,8-10H2,1-3H3/t11-/m0/s1. The Labute approximate surface area is 141 Å². The largest absolute Gasteiger partial charge is 0.333 e. The first-order chi connectivity index (χ1) is 11.3. The van der Waals surface area contributed by atoms with Crippen molar-refractivity contribution in [2.45, 2.75) is 37.8 Å². The summed E-state index contributed by atoms with van der Waals surface area (Å²) < 4.78 is 25.0. The summed E-state index contributed by atoms with van der Waals surface area (Å²) in [5.74, 6) is 1.66. The second-order valence-corrected chi connectivity index (χ2v) is 8.27. The maximum atomic E-state index is 12.6. The quantitative estimate of drug-likeness (QED) is 0.830. The number of fused-ring (bicyclic) bond motifs is 1. The molecule has 8 heteroatoms. The summed E-state index contributed by atoms with van der Waals surface area (Å²) in [7, 11) is -3.22. The number of carbonyl (C=O) groups excluding carboxylic acids is 1. The van der Waals surface area contributed by atoms with E-state index < -0.39 is 9.84 Å². The molecule has 0 aliphatic carbocycles. The number of aromatic nitrogens is 3. The van der Waals surface area contributed by atoms with Crippen molar-refractivity contribution in [2.24, 2.45) is 0 Å². The van der Waals surface area contributed by atoms with Gasteiger partial charge in [-0.3, -0.25) is 4.79 Å². The van der Waals surface area contributed by atoms with E-state index in [-0.39, 0.29) is 23.3 Å². The maximum absolute atomic E-state index is 12.6. The number of benzene rings is 1. The number of carbonyl (C=O) groups is 1. The van der Waals surface area contributed by atoms with Gasteiger partial charge in [-0.2, -0.15) is 0 Å². The molecule has 0 saturated carbocycles. The normalized spacial score (nSPS) is 17.6. The predicted octanol–water partition coefficient (Wildman–Crippen LogP) is 1.14. The zero-order chi connectivity index (χ0) is 17.5. The monoisotopic (exact) mass is 348 g/mol. The molecule has 1 atom stereocenters. The van der Waals surface area contributed by atoms with Gasteiger partial charge in [-0.1, -0.05) is 12.1 Å². The Morgan fingerprint density at radius 2 is 1.92 bits per heavy atom. The Morgan fingerprint density at radius 1 is 1.25 bits per heavy atom. The number of hydrogen-bond acceptors (Lipinski definition) is 5. The van der Waals surface area contributed by atoms with Gasteiger partial charge < -0.3 is 9.47 Å². The van der Waals surface area contributed by atoms with E-state index in [0.29, 0.717) is 13.1 Å². The van der Waals surface area contributed by atoms with E-state index in [0.717, 1.165) is 17.2 Å². The van der Waals surface area contributed by atoms with Crippen molar-refractivity contribution >= 4 is 15.7 Å². The SMILES string of the molecule is Cc1nnc2n1[C@@H](C)CN(C(=O)Cc1ccc(S(C)(=O)=O)cc1)C2. The van der Waals surface area contributed by atoms with Crippen LogP contribution in [-0.2, 0) is 27.6 Å². The Balaban J connectivity index is 1.72. The molecule has 1 amide bonds. The Kier molecular flexibility index (Phi) is 4.16. The highest BCUT2D eigenvalue weighted by Gasteiger charge is 2.27. The van der Waals surface area contributed by atoms with Crippen LogP contribution in [0.2, 0.25) is 0 Å². The average molecular weight is 348 g/mol. The van der Waals surface area contributed by atoms with E-state index in [9.17, 15) is 13.2 Å². The molecular weight excluding hydrogens is 328 g/mol. The van der Waals surface area contributed by atoms with Gasteiger partial charge in [-0.05, 0) is 31.5 Å². The summed E-state index contributed by atoms with van der Waals surface area (Å²) >= 11 is 0. The first-order valence-electron chi connectivity index (χ1n) is 7.73. The lowest BCUT2D eigenvalue weighted by atomic mass is 10.1. The molecule has 0 bridgehead atoms. The van der Waals surface area contributed by atoms with Crippen LogP contribution in [0.1, 0.15) is 30.2 Å². The van der Waals surface area contributed by atoms with Crippen molar-refractivity contribution in [3.8, 4) is 0 Å². The van der Waals surface area contributed by atoms with Crippen molar-refractivity contribution in [3.63, 3.8) is 0 Å². The van der Waals surface area contributed by atoms with E-state index in [1.54, 1.807) is 17.0 Å². The number of amides is 1. The van der Waals surface area contributed by atoms with Gasteiger partial charge >= 0.3 is 0 Å². The smallest absolute Gasteiger partial charge is 0.227 e. The molecule has 0 radical (unpaired) electrons. The van der Waals surface area contributed by atoms with Gasteiger partial charge in [0.25, 0.3) is 0 Å². The Bertz CT molecular complexity index is 871. The summed E-state index contributed by atoms with van der Waals surface area (Å²) in [6.07, 6.45) is 1.41. The van der Waals surface area contributed by atoms with E-state index in [2.05, 4.69) is 14.8 Å². The maximum Gasteiger partial charge on any atom is 0.227 e. The van der Waals surface area contributed by atoms with Gasteiger partial charge in [0.05, 0.1) is 23.9 Å². The van der Waals surface area contributed by atoms with Crippen LogP contribution in [0.5, 0.6) is 0 Å². The number of sulfone groups is 1. The van der Waals surface area contributed by atoms with Gasteiger partial charge in [0, 0.05) is 12.8 Å². The minimum atomic E-state index is -3.22.